The monoisotopic (exact) mass is 361 g/mol. The molecule has 2 N–H and O–H groups in total. The Morgan fingerprint density at radius 1 is 1.35 bits per heavy atom. The van der Waals surface area contributed by atoms with Gasteiger partial charge in [0.15, 0.2) is 0 Å². The molecule has 0 bridgehead atoms. The summed E-state index contributed by atoms with van der Waals surface area (Å²) in [6, 6.07) is 6.72. The van der Waals surface area contributed by atoms with E-state index in [1.807, 2.05) is 0 Å². The number of carboxylic acid groups (broad SMARTS) is 1. The third kappa shape index (κ3) is 7.75. The summed E-state index contributed by atoms with van der Waals surface area (Å²) in [5, 5.41) is 11.1. The van der Waals surface area contributed by atoms with Crippen LogP contribution in [0, 0.1) is 0 Å². The normalized spacial score (nSPS) is 12.8. The van der Waals surface area contributed by atoms with Crippen LogP contribution >= 0.6 is 23.4 Å². The molecule has 0 saturated heterocycles. The quantitative estimate of drug-likeness (QED) is 0.437. The highest BCUT2D eigenvalue weighted by molar-refractivity contribution is 8.00. The molecule has 0 aliphatic heterocycles. The van der Waals surface area contributed by atoms with Crippen LogP contribution in [-0.2, 0) is 19.1 Å². The molecule has 2 atom stereocenters. The Hall–Kier alpha value is -1.93. The summed E-state index contributed by atoms with van der Waals surface area (Å²) in [6.07, 6.45) is -1.94. The van der Waals surface area contributed by atoms with Crippen LogP contribution in [0.15, 0.2) is 29.2 Å². The average molecular weight is 362 g/mol. The number of nitrogens with one attached hydrogen (secondary N) is 1. The largest absolute Gasteiger partial charge is 0.480 e. The third-order valence-corrected chi connectivity index (χ3v) is 3.80. The molecule has 7 nitrogen and oxygen atoms in total. The van der Waals surface area contributed by atoms with Gasteiger partial charge >= 0.3 is 18.0 Å². The highest BCUT2D eigenvalue weighted by atomic mass is 35.5. The first-order valence-corrected chi connectivity index (χ1v) is 7.80. The topological polar surface area (TPSA) is 102 Å². The number of carbonyl (C=O) groups excluding carboxylic acids is 2. The summed E-state index contributed by atoms with van der Waals surface area (Å²) >= 11 is 6.89. The number of carboxylic acids is 1. The van der Waals surface area contributed by atoms with Crippen molar-refractivity contribution in [3.8, 4) is 0 Å². The fourth-order valence-electron chi connectivity index (χ4n) is 1.51. The van der Waals surface area contributed by atoms with Crippen molar-refractivity contribution in [3.05, 3.63) is 29.3 Å². The fraction of sp³-hybridized carbons (Fsp3) is 0.357. The molecular formula is C14H16ClNO6S. The summed E-state index contributed by atoms with van der Waals surface area (Å²) in [4.78, 5) is 34.1. The zero-order chi connectivity index (χ0) is 17.4. The van der Waals surface area contributed by atoms with Gasteiger partial charge in [-0.15, -0.1) is 11.8 Å². The van der Waals surface area contributed by atoms with Crippen LogP contribution in [0.2, 0.25) is 5.02 Å². The van der Waals surface area contributed by atoms with Gasteiger partial charge in [-0.2, -0.15) is 0 Å². The molecule has 23 heavy (non-hydrogen) atoms. The van der Waals surface area contributed by atoms with E-state index >= 15 is 0 Å². The molecule has 1 amide bonds. The molecule has 1 aromatic rings. The van der Waals surface area contributed by atoms with Crippen LogP contribution in [0.3, 0.4) is 0 Å². The Morgan fingerprint density at radius 3 is 2.61 bits per heavy atom. The van der Waals surface area contributed by atoms with E-state index in [0.29, 0.717) is 9.92 Å². The van der Waals surface area contributed by atoms with Crippen molar-refractivity contribution in [1.82, 2.24) is 5.32 Å². The number of rotatable bonds is 7. The zero-order valence-electron chi connectivity index (χ0n) is 12.4. The van der Waals surface area contributed by atoms with Crippen molar-refractivity contribution in [2.75, 3.05) is 6.54 Å². The van der Waals surface area contributed by atoms with Crippen LogP contribution in [0.5, 0.6) is 0 Å². The SMILES string of the molecule is CC(=O)O[C@H](C)OC(=O)NC[C@H](Sc1cccc(Cl)c1)C(=O)O. The molecule has 0 fully saturated rings. The molecule has 0 aromatic heterocycles. The van der Waals surface area contributed by atoms with Gasteiger partial charge in [-0.25, -0.2) is 4.79 Å². The molecule has 9 heteroatoms. The first kappa shape index (κ1) is 19.1. The molecule has 0 aliphatic carbocycles. The van der Waals surface area contributed by atoms with E-state index in [4.69, 9.17) is 16.3 Å². The number of halogens is 1. The highest BCUT2D eigenvalue weighted by Crippen LogP contribution is 2.25. The standard InChI is InChI=1S/C14H16ClNO6S/c1-8(17)21-9(2)22-14(20)16-7-12(13(18)19)23-11-5-3-4-10(15)6-11/h3-6,9,12H,7H2,1-2H3,(H,16,20)(H,18,19)/t9-,12-/m0/s1. The second-order valence-electron chi connectivity index (χ2n) is 4.37. The molecule has 126 valence electrons. The molecular weight excluding hydrogens is 346 g/mol. The van der Waals surface area contributed by atoms with E-state index in [0.717, 1.165) is 11.8 Å². The number of hydrogen-bond acceptors (Lipinski definition) is 6. The van der Waals surface area contributed by atoms with Crippen LogP contribution < -0.4 is 5.32 Å². The van der Waals surface area contributed by atoms with Crippen LogP contribution in [0.25, 0.3) is 0 Å². The molecule has 1 rings (SSSR count). The second-order valence-corrected chi connectivity index (χ2v) is 6.08. The van der Waals surface area contributed by atoms with Crippen LogP contribution in [0.1, 0.15) is 13.8 Å². The Labute approximate surface area is 142 Å². The van der Waals surface area contributed by atoms with Gasteiger partial charge < -0.3 is 19.9 Å². The minimum atomic E-state index is -1.09. The summed E-state index contributed by atoms with van der Waals surface area (Å²) in [7, 11) is 0. The average Bonchev–Trinajstić information content (AvgIpc) is 2.42. The fourth-order valence-corrected chi connectivity index (χ4v) is 2.71. The maximum atomic E-state index is 11.5. The Bertz CT molecular complexity index is 582. The minimum Gasteiger partial charge on any atom is -0.480 e. The summed E-state index contributed by atoms with van der Waals surface area (Å²) in [5.41, 5.74) is 0. The van der Waals surface area contributed by atoms with E-state index in [9.17, 15) is 19.5 Å². The van der Waals surface area contributed by atoms with E-state index in [1.165, 1.54) is 13.8 Å². The molecule has 0 radical (unpaired) electrons. The highest BCUT2D eigenvalue weighted by Gasteiger charge is 2.21. The van der Waals surface area contributed by atoms with Gasteiger partial charge in [-0.3, -0.25) is 9.59 Å². The lowest BCUT2D eigenvalue weighted by Crippen LogP contribution is -2.37. The van der Waals surface area contributed by atoms with E-state index in [-0.39, 0.29) is 6.54 Å². The number of thioether (sulfide) groups is 1. The predicted octanol–water partition coefficient (Wildman–Crippen LogP) is 2.52. The molecule has 0 unspecified atom stereocenters. The lowest BCUT2D eigenvalue weighted by atomic mass is 10.4. The van der Waals surface area contributed by atoms with Crippen LogP contribution in [0.4, 0.5) is 4.79 Å². The maximum Gasteiger partial charge on any atom is 0.410 e. The molecule has 0 spiro atoms. The predicted molar refractivity (Wildman–Crippen MR) is 84.4 cm³/mol. The van der Waals surface area contributed by atoms with Gasteiger partial charge in [0, 0.05) is 30.3 Å². The number of benzene rings is 1. The Kier molecular flexibility index (Phi) is 7.70. The smallest absolute Gasteiger partial charge is 0.410 e. The number of ether oxygens (including phenoxy) is 2. The molecule has 1 aromatic carbocycles. The minimum absolute atomic E-state index is 0.169. The maximum absolute atomic E-state index is 11.5. The molecule has 0 heterocycles. The van der Waals surface area contributed by atoms with E-state index in [1.54, 1.807) is 24.3 Å². The first-order valence-electron chi connectivity index (χ1n) is 6.54. The van der Waals surface area contributed by atoms with E-state index in [2.05, 4.69) is 10.1 Å². The zero-order valence-corrected chi connectivity index (χ0v) is 14.0. The number of hydrogen-bond donors (Lipinski definition) is 2. The van der Waals surface area contributed by atoms with Crippen molar-refractivity contribution in [2.45, 2.75) is 30.3 Å². The number of amides is 1. The Morgan fingerprint density at radius 2 is 2.04 bits per heavy atom. The first-order chi connectivity index (χ1) is 10.8. The second kappa shape index (κ2) is 9.26. The summed E-state index contributed by atoms with van der Waals surface area (Å²) < 4.78 is 9.37. The van der Waals surface area contributed by atoms with Crippen molar-refractivity contribution in [2.24, 2.45) is 0 Å². The van der Waals surface area contributed by atoms with Gasteiger partial charge in [-0.05, 0) is 18.2 Å². The van der Waals surface area contributed by atoms with Crippen molar-refractivity contribution in [1.29, 1.82) is 0 Å². The summed E-state index contributed by atoms with van der Waals surface area (Å²) in [6.45, 7) is 2.38. The number of alkyl carbamates (subject to hydrolysis) is 1. The van der Waals surface area contributed by atoms with E-state index < -0.39 is 29.6 Å². The van der Waals surface area contributed by atoms with Gasteiger partial charge in [0.05, 0.1) is 0 Å². The van der Waals surface area contributed by atoms with Crippen molar-refractivity contribution >= 4 is 41.4 Å². The molecule has 0 saturated carbocycles. The van der Waals surface area contributed by atoms with Crippen molar-refractivity contribution in [3.63, 3.8) is 0 Å². The summed E-state index contributed by atoms with van der Waals surface area (Å²) in [5.74, 6) is -1.69. The number of aliphatic carboxylic acids is 1. The third-order valence-electron chi connectivity index (χ3n) is 2.39. The van der Waals surface area contributed by atoms with Gasteiger partial charge in [0.1, 0.15) is 5.25 Å². The molecule has 0 aliphatic rings. The number of carbonyl (C=O) groups is 3. The van der Waals surface area contributed by atoms with Crippen molar-refractivity contribution < 1.29 is 29.0 Å². The lowest BCUT2D eigenvalue weighted by molar-refractivity contribution is -0.162. The number of esters is 1. The van der Waals surface area contributed by atoms with Crippen LogP contribution in [-0.4, -0.2) is 41.2 Å². The van der Waals surface area contributed by atoms with Gasteiger partial charge in [0.2, 0.25) is 6.29 Å². The van der Waals surface area contributed by atoms with Gasteiger partial charge in [-0.1, -0.05) is 17.7 Å². The Balaban J connectivity index is 2.52. The lowest BCUT2D eigenvalue weighted by Gasteiger charge is -2.16. The van der Waals surface area contributed by atoms with Gasteiger partial charge in [0.25, 0.3) is 0 Å².